The molecule has 2 aliphatic heterocycles. The van der Waals surface area contributed by atoms with Crippen molar-refractivity contribution in [1.82, 2.24) is 15.1 Å². The third-order valence-corrected chi connectivity index (χ3v) is 4.58. The standard InChI is InChI=1S/C17H25N3O.ClH/c21-17(16-7-4-8-18-13-16)20-11-9-19(10-12-20)14-15-5-2-1-3-6-15;/h1-3,5-6,16,18H,4,7-14H2;1H. The molecule has 4 nitrogen and oxygen atoms in total. The lowest BCUT2D eigenvalue weighted by Crippen LogP contribution is -2.51. The molecule has 1 atom stereocenters. The molecule has 1 aromatic rings. The van der Waals surface area contributed by atoms with Gasteiger partial charge >= 0.3 is 0 Å². The highest BCUT2D eigenvalue weighted by atomic mass is 35.5. The van der Waals surface area contributed by atoms with Crippen LogP contribution in [0.15, 0.2) is 30.3 Å². The second-order valence-electron chi connectivity index (χ2n) is 6.13. The van der Waals surface area contributed by atoms with Gasteiger partial charge in [0.2, 0.25) is 5.91 Å². The Morgan fingerprint density at radius 1 is 1.14 bits per heavy atom. The number of rotatable bonds is 3. The van der Waals surface area contributed by atoms with Crippen LogP contribution >= 0.6 is 12.4 Å². The molecule has 3 rings (SSSR count). The van der Waals surface area contributed by atoms with Gasteiger partial charge in [-0.25, -0.2) is 0 Å². The van der Waals surface area contributed by atoms with Crippen LogP contribution in [0.1, 0.15) is 18.4 Å². The Labute approximate surface area is 139 Å². The van der Waals surface area contributed by atoms with E-state index in [1.807, 2.05) is 0 Å². The predicted octanol–water partition coefficient (Wildman–Crippen LogP) is 1.75. The van der Waals surface area contributed by atoms with E-state index in [1.54, 1.807) is 0 Å². The molecule has 2 aliphatic rings. The first-order valence-corrected chi connectivity index (χ1v) is 8.09. The van der Waals surface area contributed by atoms with Gasteiger partial charge in [-0.05, 0) is 24.9 Å². The molecule has 0 bridgehead atoms. The summed E-state index contributed by atoms with van der Waals surface area (Å²) in [5, 5.41) is 3.34. The second-order valence-corrected chi connectivity index (χ2v) is 6.13. The van der Waals surface area contributed by atoms with Crippen molar-refractivity contribution < 1.29 is 4.79 Å². The first-order chi connectivity index (χ1) is 10.3. The first-order valence-electron chi connectivity index (χ1n) is 8.09. The molecule has 1 N–H and O–H groups in total. The largest absolute Gasteiger partial charge is 0.340 e. The number of carbonyl (C=O) groups excluding carboxylic acids is 1. The number of piperazine rings is 1. The van der Waals surface area contributed by atoms with Gasteiger partial charge in [-0.1, -0.05) is 30.3 Å². The van der Waals surface area contributed by atoms with Crippen LogP contribution in [0.4, 0.5) is 0 Å². The van der Waals surface area contributed by atoms with Crippen LogP contribution in [0.25, 0.3) is 0 Å². The van der Waals surface area contributed by atoms with Crippen molar-refractivity contribution in [3.63, 3.8) is 0 Å². The minimum atomic E-state index is 0. The van der Waals surface area contributed by atoms with Crippen molar-refractivity contribution in [3.8, 4) is 0 Å². The van der Waals surface area contributed by atoms with Crippen LogP contribution in [0.2, 0.25) is 0 Å². The third kappa shape index (κ3) is 4.45. The van der Waals surface area contributed by atoms with Crippen molar-refractivity contribution >= 4 is 18.3 Å². The lowest BCUT2D eigenvalue weighted by molar-refractivity contribution is -0.137. The number of carbonyl (C=O) groups is 1. The summed E-state index contributed by atoms with van der Waals surface area (Å²) in [5.41, 5.74) is 1.36. The van der Waals surface area contributed by atoms with E-state index in [2.05, 4.69) is 45.4 Å². The Bertz CT molecular complexity index is 454. The van der Waals surface area contributed by atoms with Gasteiger partial charge in [-0.2, -0.15) is 0 Å². The first kappa shape index (κ1) is 17.3. The minimum Gasteiger partial charge on any atom is -0.340 e. The minimum absolute atomic E-state index is 0. The highest BCUT2D eigenvalue weighted by Crippen LogP contribution is 2.16. The summed E-state index contributed by atoms with van der Waals surface area (Å²) in [4.78, 5) is 17.0. The molecule has 0 spiro atoms. The van der Waals surface area contributed by atoms with E-state index >= 15 is 0 Å². The molecule has 0 aromatic heterocycles. The Morgan fingerprint density at radius 3 is 2.50 bits per heavy atom. The summed E-state index contributed by atoms with van der Waals surface area (Å²) in [6.45, 7) is 6.65. The van der Waals surface area contributed by atoms with E-state index in [4.69, 9.17) is 0 Å². The van der Waals surface area contributed by atoms with Crippen LogP contribution in [0, 0.1) is 5.92 Å². The van der Waals surface area contributed by atoms with Gasteiger partial charge in [0.25, 0.3) is 0 Å². The number of piperidine rings is 1. The van der Waals surface area contributed by atoms with Crippen molar-refractivity contribution in [3.05, 3.63) is 35.9 Å². The molecule has 5 heteroatoms. The number of hydrogen-bond donors (Lipinski definition) is 1. The SMILES string of the molecule is Cl.O=C(C1CCCNC1)N1CCN(Cc2ccccc2)CC1. The van der Waals surface area contributed by atoms with Crippen LogP contribution in [0.3, 0.4) is 0 Å². The van der Waals surface area contributed by atoms with Gasteiger partial charge in [0, 0.05) is 39.3 Å². The number of nitrogens with one attached hydrogen (secondary N) is 1. The molecule has 2 heterocycles. The Balaban J connectivity index is 0.00000176. The van der Waals surface area contributed by atoms with Crippen LogP contribution in [-0.2, 0) is 11.3 Å². The normalized spacial score (nSPS) is 22.9. The molecular weight excluding hydrogens is 298 g/mol. The zero-order valence-electron chi connectivity index (χ0n) is 13.0. The highest BCUT2D eigenvalue weighted by molar-refractivity contribution is 5.85. The van der Waals surface area contributed by atoms with Crippen LogP contribution in [0.5, 0.6) is 0 Å². The molecule has 2 fully saturated rings. The molecule has 0 radical (unpaired) electrons. The number of halogens is 1. The van der Waals surface area contributed by atoms with Crippen molar-refractivity contribution in [1.29, 1.82) is 0 Å². The zero-order valence-corrected chi connectivity index (χ0v) is 13.9. The topological polar surface area (TPSA) is 35.6 Å². The maximum absolute atomic E-state index is 12.5. The summed E-state index contributed by atoms with van der Waals surface area (Å²) in [5.74, 6) is 0.570. The smallest absolute Gasteiger partial charge is 0.227 e. The van der Waals surface area contributed by atoms with E-state index in [0.29, 0.717) is 5.91 Å². The Kier molecular flexibility index (Phi) is 6.68. The number of benzene rings is 1. The van der Waals surface area contributed by atoms with E-state index < -0.39 is 0 Å². The average molecular weight is 324 g/mol. The second kappa shape index (κ2) is 8.51. The van der Waals surface area contributed by atoms with Crippen molar-refractivity contribution in [2.24, 2.45) is 5.92 Å². The molecule has 0 saturated carbocycles. The van der Waals surface area contributed by atoms with Gasteiger partial charge in [-0.15, -0.1) is 12.4 Å². The Morgan fingerprint density at radius 2 is 1.86 bits per heavy atom. The monoisotopic (exact) mass is 323 g/mol. The Hall–Kier alpha value is -1.10. The quantitative estimate of drug-likeness (QED) is 0.920. The van der Waals surface area contributed by atoms with Crippen LogP contribution in [-0.4, -0.2) is 55.0 Å². The fourth-order valence-electron chi connectivity index (χ4n) is 3.29. The molecule has 1 aromatic carbocycles. The van der Waals surface area contributed by atoms with Crippen LogP contribution < -0.4 is 5.32 Å². The molecule has 2 saturated heterocycles. The van der Waals surface area contributed by atoms with Gasteiger partial charge in [0.15, 0.2) is 0 Å². The third-order valence-electron chi connectivity index (χ3n) is 4.58. The van der Waals surface area contributed by atoms with Gasteiger partial charge in [0.1, 0.15) is 0 Å². The summed E-state index contributed by atoms with van der Waals surface area (Å²) >= 11 is 0. The molecule has 1 amide bonds. The lowest BCUT2D eigenvalue weighted by atomic mass is 9.98. The molecular formula is C17H26ClN3O. The molecule has 22 heavy (non-hydrogen) atoms. The number of nitrogens with zero attached hydrogens (tertiary/aromatic N) is 2. The number of hydrogen-bond acceptors (Lipinski definition) is 3. The maximum atomic E-state index is 12.5. The maximum Gasteiger partial charge on any atom is 0.227 e. The number of amides is 1. The fraction of sp³-hybridized carbons (Fsp3) is 0.588. The van der Waals surface area contributed by atoms with Crippen molar-refractivity contribution in [2.75, 3.05) is 39.3 Å². The van der Waals surface area contributed by atoms with Gasteiger partial charge in [-0.3, -0.25) is 9.69 Å². The van der Waals surface area contributed by atoms with Crippen molar-refractivity contribution in [2.45, 2.75) is 19.4 Å². The van der Waals surface area contributed by atoms with Gasteiger partial charge in [0.05, 0.1) is 5.92 Å². The highest BCUT2D eigenvalue weighted by Gasteiger charge is 2.28. The molecule has 1 unspecified atom stereocenters. The fourth-order valence-corrected chi connectivity index (χ4v) is 3.29. The lowest BCUT2D eigenvalue weighted by Gasteiger charge is -2.37. The summed E-state index contributed by atoms with van der Waals surface area (Å²) in [7, 11) is 0. The van der Waals surface area contributed by atoms with E-state index in [-0.39, 0.29) is 18.3 Å². The predicted molar refractivity (Wildman–Crippen MR) is 91.1 cm³/mol. The zero-order chi connectivity index (χ0) is 14.5. The molecule has 122 valence electrons. The van der Waals surface area contributed by atoms with E-state index in [0.717, 1.165) is 58.7 Å². The molecule has 0 aliphatic carbocycles. The van der Waals surface area contributed by atoms with E-state index in [1.165, 1.54) is 5.56 Å². The average Bonchev–Trinajstić information content (AvgIpc) is 2.57. The summed E-state index contributed by atoms with van der Waals surface area (Å²) < 4.78 is 0. The summed E-state index contributed by atoms with van der Waals surface area (Å²) in [6.07, 6.45) is 2.18. The van der Waals surface area contributed by atoms with Gasteiger partial charge < -0.3 is 10.2 Å². The summed E-state index contributed by atoms with van der Waals surface area (Å²) in [6, 6.07) is 10.6. The van der Waals surface area contributed by atoms with E-state index in [9.17, 15) is 4.79 Å².